The summed E-state index contributed by atoms with van der Waals surface area (Å²) in [6.07, 6.45) is 0.894. The number of likely N-dealkylation sites (N-methyl/N-ethyl adjacent to an activating group) is 1. The van der Waals surface area contributed by atoms with Crippen molar-refractivity contribution in [2.75, 3.05) is 27.5 Å². The first-order chi connectivity index (χ1) is 11.7. The van der Waals surface area contributed by atoms with Crippen LogP contribution in [0.3, 0.4) is 0 Å². The zero-order valence-electron chi connectivity index (χ0n) is 13.7. The van der Waals surface area contributed by atoms with E-state index in [2.05, 4.69) is 24.1 Å². The first-order valence-electron chi connectivity index (χ1n) is 8.19. The van der Waals surface area contributed by atoms with E-state index in [4.69, 9.17) is 14.2 Å². The molecule has 1 unspecified atom stereocenters. The fraction of sp³-hybridized carbons (Fsp3) is 0.368. The maximum Gasteiger partial charge on any atom is 0.231 e. The lowest BCUT2D eigenvalue weighted by atomic mass is 9.84. The molecular weight excluding hydrogens is 306 g/mol. The van der Waals surface area contributed by atoms with E-state index in [1.165, 1.54) is 22.3 Å². The molecule has 0 aromatic heterocycles. The first-order valence-corrected chi connectivity index (χ1v) is 8.19. The summed E-state index contributed by atoms with van der Waals surface area (Å²) in [4.78, 5) is 2.39. The normalized spacial score (nSPS) is 23.6. The number of methoxy groups -OCH3 is 1. The summed E-state index contributed by atoms with van der Waals surface area (Å²) in [5.41, 5.74) is 5.00. The molecule has 3 heterocycles. The Morgan fingerprint density at radius 3 is 2.58 bits per heavy atom. The van der Waals surface area contributed by atoms with E-state index in [9.17, 15) is 5.11 Å². The van der Waals surface area contributed by atoms with E-state index in [1.54, 1.807) is 7.11 Å². The zero-order valence-corrected chi connectivity index (χ0v) is 13.7. The van der Waals surface area contributed by atoms with Gasteiger partial charge in [-0.25, -0.2) is 0 Å². The van der Waals surface area contributed by atoms with E-state index < -0.39 is 0 Å². The molecule has 24 heavy (non-hydrogen) atoms. The summed E-state index contributed by atoms with van der Waals surface area (Å²) in [7, 11) is 3.75. The standard InChI is InChI=1S/C19H19NO4/c1-20-8-14-11-5-16(21)17(22-2)4-10(11)3-15(20)13-7-19-18(6-12(13)14)23-9-24-19/h4-7,14-15,21H,3,8-9H2,1-2H3/t14?,15-/m0/s1. The average molecular weight is 325 g/mol. The van der Waals surface area contributed by atoms with Crippen LogP contribution in [0.25, 0.3) is 0 Å². The smallest absolute Gasteiger partial charge is 0.231 e. The third-order valence-corrected chi connectivity index (χ3v) is 5.54. The lowest BCUT2D eigenvalue weighted by Gasteiger charge is -2.36. The summed E-state index contributed by atoms with van der Waals surface area (Å²) in [5, 5.41) is 10.3. The van der Waals surface area contributed by atoms with Crippen LogP contribution in [0.1, 0.15) is 34.2 Å². The molecule has 0 saturated heterocycles. The maximum atomic E-state index is 10.3. The monoisotopic (exact) mass is 325 g/mol. The third kappa shape index (κ3) is 1.79. The molecule has 3 aliphatic heterocycles. The van der Waals surface area contributed by atoms with Crippen molar-refractivity contribution in [2.45, 2.75) is 18.4 Å². The number of nitrogens with zero attached hydrogens (tertiary/aromatic N) is 1. The number of hydrogen-bond donors (Lipinski definition) is 1. The topological polar surface area (TPSA) is 51.2 Å². The van der Waals surface area contributed by atoms with Crippen molar-refractivity contribution in [1.29, 1.82) is 0 Å². The van der Waals surface area contributed by atoms with Crippen molar-refractivity contribution in [3.05, 3.63) is 46.5 Å². The molecule has 2 atom stereocenters. The van der Waals surface area contributed by atoms with Crippen LogP contribution in [-0.2, 0) is 6.42 Å². The molecule has 6 rings (SSSR count). The Kier molecular flexibility index (Phi) is 2.80. The third-order valence-electron chi connectivity index (χ3n) is 5.54. The van der Waals surface area contributed by atoms with Crippen molar-refractivity contribution < 1.29 is 19.3 Å². The minimum absolute atomic E-state index is 0.201. The van der Waals surface area contributed by atoms with Gasteiger partial charge in [-0.1, -0.05) is 0 Å². The van der Waals surface area contributed by atoms with Crippen molar-refractivity contribution in [1.82, 2.24) is 4.90 Å². The van der Waals surface area contributed by atoms with Crippen LogP contribution in [0, 0.1) is 0 Å². The molecular formula is C19H19NO4. The van der Waals surface area contributed by atoms with Gasteiger partial charge in [0.2, 0.25) is 6.79 Å². The van der Waals surface area contributed by atoms with Crippen LogP contribution in [0.15, 0.2) is 24.3 Å². The number of rotatable bonds is 1. The molecule has 1 N–H and O–H groups in total. The van der Waals surface area contributed by atoms with Crippen LogP contribution >= 0.6 is 0 Å². The van der Waals surface area contributed by atoms with Crippen molar-refractivity contribution in [3.8, 4) is 23.0 Å². The maximum absolute atomic E-state index is 10.3. The van der Waals surface area contributed by atoms with Gasteiger partial charge in [-0.15, -0.1) is 0 Å². The van der Waals surface area contributed by atoms with Crippen LogP contribution in [0.4, 0.5) is 0 Å². The SMILES string of the molecule is COc1cc2c(cc1O)C1CN(C)[C@@H](C2)c2cc3c(cc21)OCO3. The quantitative estimate of drug-likeness (QED) is 0.874. The predicted octanol–water partition coefficient (Wildman–Crippen LogP) is 2.80. The zero-order chi connectivity index (χ0) is 16.4. The number of phenols is 1. The van der Waals surface area contributed by atoms with Crippen LogP contribution < -0.4 is 14.2 Å². The Morgan fingerprint density at radius 1 is 1.08 bits per heavy atom. The highest BCUT2D eigenvalue weighted by Crippen LogP contribution is 2.50. The molecule has 2 aromatic rings. The van der Waals surface area contributed by atoms with Gasteiger partial charge in [0.05, 0.1) is 7.11 Å². The predicted molar refractivity (Wildman–Crippen MR) is 88.1 cm³/mol. The van der Waals surface area contributed by atoms with Gasteiger partial charge >= 0.3 is 0 Å². The fourth-order valence-electron chi connectivity index (χ4n) is 4.35. The van der Waals surface area contributed by atoms with E-state index in [1.807, 2.05) is 12.1 Å². The van der Waals surface area contributed by atoms with Gasteiger partial charge in [-0.2, -0.15) is 0 Å². The first kappa shape index (κ1) is 14.0. The molecule has 5 nitrogen and oxygen atoms in total. The summed E-state index contributed by atoms with van der Waals surface area (Å²) < 4.78 is 16.5. The lowest BCUT2D eigenvalue weighted by Crippen LogP contribution is -2.33. The second-order valence-corrected chi connectivity index (χ2v) is 6.77. The summed E-state index contributed by atoms with van der Waals surface area (Å²) in [6, 6.07) is 8.40. The summed E-state index contributed by atoms with van der Waals surface area (Å²) in [6.45, 7) is 1.22. The second-order valence-electron chi connectivity index (χ2n) is 6.77. The molecule has 5 heteroatoms. The van der Waals surface area contributed by atoms with E-state index >= 15 is 0 Å². The van der Waals surface area contributed by atoms with Crippen molar-refractivity contribution in [3.63, 3.8) is 0 Å². The van der Waals surface area contributed by atoms with Crippen LogP contribution in [0.2, 0.25) is 0 Å². The molecule has 0 fully saturated rings. The Bertz CT molecular complexity index is 848. The minimum atomic E-state index is 0.201. The fourth-order valence-corrected chi connectivity index (χ4v) is 4.35. The van der Waals surface area contributed by atoms with Crippen LogP contribution in [-0.4, -0.2) is 37.5 Å². The van der Waals surface area contributed by atoms with Gasteiger partial charge in [-0.3, -0.25) is 4.90 Å². The molecule has 0 saturated carbocycles. The van der Waals surface area contributed by atoms with Gasteiger partial charge in [-0.05, 0) is 60.0 Å². The number of phenolic OH excluding ortho intramolecular Hbond substituents is 1. The van der Waals surface area contributed by atoms with Gasteiger partial charge < -0.3 is 19.3 Å². The van der Waals surface area contributed by atoms with Crippen LogP contribution in [0.5, 0.6) is 23.0 Å². The molecule has 4 aliphatic rings. The molecule has 0 radical (unpaired) electrons. The highest BCUT2D eigenvalue weighted by molar-refractivity contribution is 5.59. The Morgan fingerprint density at radius 2 is 1.83 bits per heavy atom. The van der Waals surface area contributed by atoms with Crippen molar-refractivity contribution in [2.24, 2.45) is 0 Å². The molecule has 0 amide bonds. The largest absolute Gasteiger partial charge is 0.504 e. The highest BCUT2D eigenvalue weighted by Gasteiger charge is 2.39. The number of aromatic hydroxyl groups is 1. The van der Waals surface area contributed by atoms with Gasteiger partial charge in [0.15, 0.2) is 23.0 Å². The lowest BCUT2D eigenvalue weighted by molar-refractivity contribution is 0.174. The molecule has 0 spiro atoms. The number of benzene rings is 2. The van der Waals surface area contributed by atoms with Gasteiger partial charge in [0.1, 0.15) is 0 Å². The van der Waals surface area contributed by atoms with E-state index in [-0.39, 0.29) is 18.5 Å². The molecule has 1 aliphatic carbocycles. The minimum Gasteiger partial charge on any atom is -0.504 e. The number of hydrogen-bond acceptors (Lipinski definition) is 5. The van der Waals surface area contributed by atoms with E-state index in [0.29, 0.717) is 11.8 Å². The Labute approximate surface area is 140 Å². The molecule has 2 aromatic carbocycles. The van der Waals surface area contributed by atoms with E-state index in [0.717, 1.165) is 24.5 Å². The second kappa shape index (κ2) is 4.80. The number of fused-ring (bicyclic) bond motifs is 2. The Hall–Kier alpha value is -2.40. The summed E-state index contributed by atoms with van der Waals surface area (Å²) in [5.74, 6) is 2.61. The summed E-state index contributed by atoms with van der Waals surface area (Å²) >= 11 is 0. The van der Waals surface area contributed by atoms with Crippen molar-refractivity contribution >= 4 is 0 Å². The molecule has 2 bridgehead atoms. The van der Waals surface area contributed by atoms with Gasteiger partial charge in [0.25, 0.3) is 0 Å². The van der Waals surface area contributed by atoms with Gasteiger partial charge in [0, 0.05) is 18.5 Å². The number of ether oxygens (including phenoxy) is 3. The highest BCUT2D eigenvalue weighted by atomic mass is 16.7. The molecule has 124 valence electrons. The average Bonchev–Trinajstić information content (AvgIpc) is 2.94. The Balaban J connectivity index is 1.74.